The maximum absolute atomic E-state index is 9.10. The van der Waals surface area contributed by atoms with E-state index in [0.29, 0.717) is 5.92 Å². The Labute approximate surface area is 170 Å². The van der Waals surface area contributed by atoms with E-state index in [1.54, 1.807) is 6.20 Å². The number of hydrogen-bond acceptors (Lipinski definition) is 3. The fraction of sp³-hybridized carbons (Fsp3) is 0.360. The fourth-order valence-corrected chi connectivity index (χ4v) is 3.51. The van der Waals surface area contributed by atoms with E-state index in [1.165, 1.54) is 22.4 Å². The molecule has 0 N–H and O–H groups in total. The van der Waals surface area contributed by atoms with E-state index in [0.717, 1.165) is 37.8 Å². The maximum atomic E-state index is 9.10. The van der Waals surface area contributed by atoms with Crippen LogP contribution in [0.3, 0.4) is 0 Å². The number of aryl methyl sites for hydroxylation is 2. The van der Waals surface area contributed by atoms with Gasteiger partial charge in [-0.1, -0.05) is 32.0 Å². The molecule has 28 heavy (non-hydrogen) atoms. The smallest absolute Gasteiger partial charge is 0.0991 e. The first-order valence-corrected chi connectivity index (χ1v) is 10.1. The number of anilines is 1. The number of rotatable bonds is 10. The zero-order valence-electron chi connectivity index (χ0n) is 17.4. The highest BCUT2D eigenvalue weighted by atomic mass is 15.1. The molecule has 0 aromatic heterocycles. The summed E-state index contributed by atoms with van der Waals surface area (Å²) in [7, 11) is 0. The average molecular weight is 374 g/mol. The number of hydrogen-bond donors (Lipinski definition) is 0. The van der Waals surface area contributed by atoms with Crippen LogP contribution in [0.5, 0.6) is 0 Å². The van der Waals surface area contributed by atoms with Gasteiger partial charge in [-0.3, -0.25) is 4.99 Å². The third-order valence-corrected chi connectivity index (χ3v) is 5.15. The van der Waals surface area contributed by atoms with Crippen molar-refractivity contribution in [2.45, 2.75) is 46.5 Å². The van der Waals surface area contributed by atoms with Crippen LogP contribution in [0.15, 0.2) is 59.9 Å². The summed E-state index contributed by atoms with van der Waals surface area (Å²) in [5.41, 5.74) is 5.98. The molecule has 3 nitrogen and oxygen atoms in total. The molecular formula is C25H31N3. The Morgan fingerprint density at radius 2 is 2.00 bits per heavy atom. The van der Waals surface area contributed by atoms with Crippen molar-refractivity contribution >= 4 is 12.4 Å². The number of aliphatic imine (C=N–C) groups is 1. The van der Waals surface area contributed by atoms with E-state index < -0.39 is 0 Å². The molecule has 0 aliphatic carbocycles. The molecule has 0 aliphatic heterocycles. The van der Waals surface area contributed by atoms with E-state index >= 15 is 0 Å². The molecule has 0 spiro atoms. The van der Waals surface area contributed by atoms with Crippen molar-refractivity contribution in [2.75, 3.05) is 11.4 Å². The molecule has 0 bridgehead atoms. The highest BCUT2D eigenvalue weighted by molar-refractivity contribution is 5.51. The van der Waals surface area contributed by atoms with Crippen molar-refractivity contribution in [1.29, 1.82) is 5.26 Å². The number of benzene rings is 2. The maximum Gasteiger partial charge on any atom is 0.0991 e. The standard InChI is InChI=1S/C25H31N3/c1-5-23-17-22(19-26)12-13-24(23)16-20(3)10-11-21-8-7-9-25(18-21)28(6-2)15-14-27-4/h7-9,12-15,17-18,20H,4-6,10-11,16H2,1-3H3/b15-14-. The van der Waals surface area contributed by atoms with Gasteiger partial charge in [-0.05, 0) is 86.2 Å². The Hall–Kier alpha value is -2.86. The zero-order chi connectivity index (χ0) is 20.4. The van der Waals surface area contributed by atoms with Gasteiger partial charge in [0.1, 0.15) is 0 Å². The molecule has 1 atom stereocenters. The van der Waals surface area contributed by atoms with E-state index in [9.17, 15) is 0 Å². The molecule has 0 heterocycles. The summed E-state index contributed by atoms with van der Waals surface area (Å²) >= 11 is 0. The predicted octanol–water partition coefficient (Wildman–Crippen LogP) is 5.93. The van der Waals surface area contributed by atoms with E-state index in [1.807, 2.05) is 18.3 Å². The van der Waals surface area contributed by atoms with Gasteiger partial charge in [0.15, 0.2) is 0 Å². The minimum Gasteiger partial charge on any atom is -0.347 e. The van der Waals surface area contributed by atoms with Crippen LogP contribution >= 0.6 is 0 Å². The summed E-state index contributed by atoms with van der Waals surface area (Å²) in [4.78, 5) is 5.98. The average Bonchev–Trinajstić information content (AvgIpc) is 2.73. The summed E-state index contributed by atoms with van der Waals surface area (Å²) in [6.45, 7) is 11.0. The summed E-state index contributed by atoms with van der Waals surface area (Å²) in [5.74, 6) is 0.592. The molecule has 2 aromatic carbocycles. The van der Waals surface area contributed by atoms with Crippen molar-refractivity contribution in [1.82, 2.24) is 0 Å². The zero-order valence-corrected chi connectivity index (χ0v) is 17.4. The molecule has 0 saturated carbocycles. The van der Waals surface area contributed by atoms with Gasteiger partial charge in [0, 0.05) is 24.6 Å². The van der Waals surface area contributed by atoms with E-state index in [2.05, 4.69) is 73.8 Å². The van der Waals surface area contributed by atoms with Gasteiger partial charge in [-0.15, -0.1) is 0 Å². The molecular weight excluding hydrogens is 342 g/mol. The van der Waals surface area contributed by atoms with Crippen LogP contribution in [0.25, 0.3) is 0 Å². The number of nitrogens with zero attached hydrogens (tertiary/aromatic N) is 3. The Morgan fingerprint density at radius 3 is 2.68 bits per heavy atom. The lowest BCUT2D eigenvalue weighted by molar-refractivity contribution is 0.528. The van der Waals surface area contributed by atoms with Gasteiger partial charge in [-0.2, -0.15) is 5.26 Å². The Kier molecular flexibility index (Phi) is 8.49. The summed E-state index contributed by atoms with van der Waals surface area (Å²) in [5, 5.41) is 9.10. The van der Waals surface area contributed by atoms with Crippen LogP contribution < -0.4 is 4.90 Å². The van der Waals surface area contributed by atoms with Gasteiger partial charge < -0.3 is 4.90 Å². The lowest BCUT2D eigenvalue weighted by Gasteiger charge is -2.19. The second kappa shape index (κ2) is 11.1. The van der Waals surface area contributed by atoms with Crippen molar-refractivity contribution in [3.8, 4) is 6.07 Å². The van der Waals surface area contributed by atoms with Crippen molar-refractivity contribution in [2.24, 2.45) is 10.9 Å². The molecule has 1 unspecified atom stereocenters. The third-order valence-electron chi connectivity index (χ3n) is 5.15. The van der Waals surface area contributed by atoms with Crippen molar-refractivity contribution in [3.63, 3.8) is 0 Å². The monoisotopic (exact) mass is 373 g/mol. The van der Waals surface area contributed by atoms with Crippen molar-refractivity contribution < 1.29 is 0 Å². The SMILES string of the molecule is C=N/C=C\N(CC)c1cccc(CCC(C)Cc2ccc(C#N)cc2CC)c1. The first kappa shape index (κ1) is 21.4. The lowest BCUT2D eigenvalue weighted by atomic mass is 9.90. The molecule has 0 amide bonds. The summed E-state index contributed by atoms with van der Waals surface area (Å²) in [6.07, 6.45) is 7.92. The highest BCUT2D eigenvalue weighted by Crippen LogP contribution is 2.22. The Bertz CT molecular complexity index is 845. The molecule has 2 aromatic rings. The van der Waals surface area contributed by atoms with Gasteiger partial charge in [-0.25, -0.2) is 0 Å². The lowest BCUT2D eigenvalue weighted by Crippen LogP contribution is -2.14. The van der Waals surface area contributed by atoms with Gasteiger partial charge in [0.05, 0.1) is 11.6 Å². The molecule has 0 aliphatic rings. The van der Waals surface area contributed by atoms with Crippen LogP contribution in [-0.4, -0.2) is 13.3 Å². The summed E-state index contributed by atoms with van der Waals surface area (Å²) in [6, 6.07) is 17.1. The Morgan fingerprint density at radius 1 is 1.18 bits per heavy atom. The molecule has 2 rings (SSSR count). The van der Waals surface area contributed by atoms with E-state index in [4.69, 9.17) is 5.26 Å². The van der Waals surface area contributed by atoms with Crippen LogP contribution in [0.4, 0.5) is 5.69 Å². The summed E-state index contributed by atoms with van der Waals surface area (Å²) < 4.78 is 0. The second-order valence-electron chi connectivity index (χ2n) is 7.23. The number of nitriles is 1. The van der Waals surface area contributed by atoms with Crippen LogP contribution in [0.2, 0.25) is 0 Å². The third kappa shape index (κ3) is 6.09. The van der Waals surface area contributed by atoms with E-state index in [-0.39, 0.29) is 0 Å². The molecule has 0 fully saturated rings. The van der Waals surface area contributed by atoms with Crippen molar-refractivity contribution in [3.05, 3.63) is 77.1 Å². The van der Waals surface area contributed by atoms with Gasteiger partial charge in [0.25, 0.3) is 0 Å². The fourth-order valence-electron chi connectivity index (χ4n) is 3.51. The molecule has 0 saturated heterocycles. The van der Waals surface area contributed by atoms with Gasteiger partial charge in [0.2, 0.25) is 0 Å². The minimum absolute atomic E-state index is 0.592. The van der Waals surface area contributed by atoms with Crippen LogP contribution in [0.1, 0.15) is 49.4 Å². The second-order valence-corrected chi connectivity index (χ2v) is 7.23. The first-order valence-electron chi connectivity index (χ1n) is 10.1. The van der Waals surface area contributed by atoms with Gasteiger partial charge >= 0.3 is 0 Å². The quantitative estimate of drug-likeness (QED) is 0.484. The predicted molar refractivity (Wildman–Crippen MR) is 120 cm³/mol. The highest BCUT2D eigenvalue weighted by Gasteiger charge is 2.09. The first-order chi connectivity index (χ1) is 13.6. The molecule has 0 radical (unpaired) electrons. The topological polar surface area (TPSA) is 39.4 Å². The van der Waals surface area contributed by atoms with Crippen LogP contribution in [0, 0.1) is 17.2 Å². The molecule has 146 valence electrons. The minimum atomic E-state index is 0.592. The normalized spacial score (nSPS) is 11.9. The largest absolute Gasteiger partial charge is 0.347 e. The molecule has 3 heteroatoms. The Balaban J connectivity index is 2.00. The van der Waals surface area contributed by atoms with Crippen LogP contribution in [-0.2, 0) is 19.3 Å².